The predicted octanol–water partition coefficient (Wildman–Crippen LogP) is 4.00. The van der Waals surface area contributed by atoms with Crippen molar-refractivity contribution in [1.82, 2.24) is 9.97 Å². The van der Waals surface area contributed by atoms with Crippen molar-refractivity contribution < 1.29 is 9.53 Å². The van der Waals surface area contributed by atoms with Gasteiger partial charge in [0.2, 0.25) is 0 Å². The Balaban J connectivity index is 2.39. The first-order valence-electron chi connectivity index (χ1n) is 7.37. The summed E-state index contributed by atoms with van der Waals surface area (Å²) >= 11 is 6.34. The molecule has 2 rings (SSSR count). The van der Waals surface area contributed by atoms with Crippen molar-refractivity contribution in [3.63, 3.8) is 0 Å². The first kappa shape index (κ1) is 17.2. The van der Waals surface area contributed by atoms with Crippen LogP contribution in [-0.4, -0.2) is 29.6 Å². The molecule has 1 heterocycles. The molecule has 23 heavy (non-hydrogen) atoms. The predicted molar refractivity (Wildman–Crippen MR) is 91.7 cm³/mol. The molecular weight excluding hydrogens is 314 g/mol. The van der Waals surface area contributed by atoms with E-state index in [1.165, 1.54) is 0 Å². The van der Waals surface area contributed by atoms with Gasteiger partial charge in [-0.05, 0) is 45.9 Å². The molecule has 0 spiro atoms. The number of esters is 1. The fourth-order valence-electron chi connectivity index (χ4n) is 2.26. The van der Waals surface area contributed by atoms with E-state index in [9.17, 15) is 4.79 Å². The molecule has 0 atom stereocenters. The highest BCUT2D eigenvalue weighted by atomic mass is 35.5. The van der Waals surface area contributed by atoms with Crippen LogP contribution in [0.3, 0.4) is 0 Å². The van der Waals surface area contributed by atoms with Crippen molar-refractivity contribution >= 4 is 29.1 Å². The second-order valence-corrected chi connectivity index (χ2v) is 5.66. The van der Waals surface area contributed by atoms with Crippen molar-refractivity contribution in [1.29, 1.82) is 0 Å². The summed E-state index contributed by atoms with van der Waals surface area (Å²) in [6.45, 7) is 7.86. The van der Waals surface area contributed by atoms with Crippen molar-refractivity contribution in [3.05, 3.63) is 45.9 Å². The molecule has 0 amide bonds. The summed E-state index contributed by atoms with van der Waals surface area (Å²) in [4.78, 5) is 22.7. The summed E-state index contributed by atoms with van der Waals surface area (Å²) in [6, 6.07) is 5.08. The number of ether oxygens (including phenoxy) is 1. The van der Waals surface area contributed by atoms with Gasteiger partial charge in [0.15, 0.2) is 5.82 Å². The quantitative estimate of drug-likeness (QED) is 0.791. The molecule has 122 valence electrons. The van der Waals surface area contributed by atoms with Crippen LogP contribution in [-0.2, 0) is 4.74 Å². The number of halogens is 1. The number of hydrogen-bond acceptors (Lipinski definition) is 5. The highest BCUT2D eigenvalue weighted by molar-refractivity contribution is 6.33. The van der Waals surface area contributed by atoms with Gasteiger partial charge in [0.25, 0.3) is 0 Å². The van der Waals surface area contributed by atoms with E-state index >= 15 is 0 Å². The highest BCUT2D eigenvalue weighted by Gasteiger charge is 2.16. The fraction of sp³-hybridized carbons (Fsp3) is 0.353. The van der Waals surface area contributed by atoms with Gasteiger partial charge in [-0.2, -0.15) is 0 Å². The topological polar surface area (TPSA) is 55.3 Å². The molecule has 0 saturated carbocycles. The van der Waals surface area contributed by atoms with Crippen LogP contribution in [0.5, 0.6) is 0 Å². The van der Waals surface area contributed by atoms with Crippen LogP contribution in [0, 0.1) is 20.8 Å². The van der Waals surface area contributed by atoms with Crippen molar-refractivity contribution in [2.75, 3.05) is 18.6 Å². The number of aromatic nitrogens is 2. The summed E-state index contributed by atoms with van der Waals surface area (Å²) in [5, 5.41) is 0.456. The largest absolute Gasteiger partial charge is 0.462 e. The summed E-state index contributed by atoms with van der Waals surface area (Å²) in [6.07, 6.45) is 0. The Hall–Kier alpha value is -2.14. The third-order valence-electron chi connectivity index (χ3n) is 3.59. The lowest BCUT2D eigenvalue weighted by molar-refractivity contribution is 0.0526. The number of hydrogen-bond donors (Lipinski definition) is 0. The van der Waals surface area contributed by atoms with E-state index in [4.69, 9.17) is 16.3 Å². The molecule has 0 aliphatic carbocycles. The van der Waals surface area contributed by atoms with Gasteiger partial charge in [0, 0.05) is 7.05 Å². The molecule has 5 nitrogen and oxygen atoms in total. The van der Waals surface area contributed by atoms with Gasteiger partial charge in [-0.3, -0.25) is 4.98 Å². The lowest BCUT2D eigenvalue weighted by Gasteiger charge is -2.22. The van der Waals surface area contributed by atoms with Gasteiger partial charge in [0.05, 0.1) is 40.0 Å². The fourth-order valence-corrected chi connectivity index (χ4v) is 2.56. The van der Waals surface area contributed by atoms with E-state index in [-0.39, 0.29) is 5.97 Å². The Morgan fingerprint density at radius 3 is 2.43 bits per heavy atom. The van der Waals surface area contributed by atoms with E-state index in [0.29, 0.717) is 17.2 Å². The van der Waals surface area contributed by atoms with E-state index in [1.54, 1.807) is 25.1 Å². The number of anilines is 2. The van der Waals surface area contributed by atoms with Gasteiger partial charge in [-0.25, -0.2) is 9.78 Å². The van der Waals surface area contributed by atoms with Crippen molar-refractivity contribution in [2.24, 2.45) is 0 Å². The summed E-state index contributed by atoms with van der Waals surface area (Å²) in [5.41, 5.74) is 3.78. The average molecular weight is 334 g/mol. The smallest absolute Gasteiger partial charge is 0.338 e. The molecule has 6 heteroatoms. The summed E-state index contributed by atoms with van der Waals surface area (Å²) in [7, 11) is 1.87. The highest BCUT2D eigenvalue weighted by Crippen LogP contribution is 2.32. The van der Waals surface area contributed by atoms with Crippen LogP contribution >= 0.6 is 11.6 Å². The number of carbonyl (C=O) groups excluding carboxylic acids is 1. The van der Waals surface area contributed by atoms with Gasteiger partial charge in [-0.15, -0.1) is 0 Å². The molecule has 1 aromatic heterocycles. The maximum Gasteiger partial charge on any atom is 0.338 e. The molecule has 0 aliphatic heterocycles. The zero-order valence-corrected chi connectivity index (χ0v) is 14.7. The third-order valence-corrected chi connectivity index (χ3v) is 3.90. The summed E-state index contributed by atoms with van der Waals surface area (Å²) in [5.74, 6) is 0.352. The number of nitrogens with zero attached hydrogens (tertiary/aromatic N) is 3. The van der Waals surface area contributed by atoms with Gasteiger partial charge < -0.3 is 9.64 Å². The van der Waals surface area contributed by atoms with Gasteiger partial charge in [-0.1, -0.05) is 11.6 Å². The molecule has 0 radical (unpaired) electrons. The number of rotatable bonds is 4. The molecule has 0 N–H and O–H groups in total. The lowest BCUT2D eigenvalue weighted by Crippen LogP contribution is -2.16. The van der Waals surface area contributed by atoms with Crippen LogP contribution in [0.25, 0.3) is 0 Å². The number of benzene rings is 1. The van der Waals surface area contributed by atoms with Crippen LogP contribution in [0.4, 0.5) is 11.5 Å². The molecule has 0 aliphatic rings. The molecular formula is C17H20ClN3O2. The average Bonchev–Trinajstić information content (AvgIpc) is 2.50. The second kappa shape index (κ2) is 6.96. The number of carbonyl (C=O) groups is 1. The molecule has 0 bridgehead atoms. The first-order valence-corrected chi connectivity index (χ1v) is 7.75. The molecule has 0 fully saturated rings. The monoisotopic (exact) mass is 333 g/mol. The van der Waals surface area contributed by atoms with E-state index in [1.807, 2.05) is 32.7 Å². The van der Waals surface area contributed by atoms with Crippen LogP contribution < -0.4 is 4.90 Å². The Bertz CT molecular complexity index is 747. The van der Waals surface area contributed by atoms with Crippen molar-refractivity contribution in [2.45, 2.75) is 27.7 Å². The van der Waals surface area contributed by atoms with Crippen LogP contribution in [0.2, 0.25) is 5.02 Å². The van der Waals surface area contributed by atoms with Crippen LogP contribution in [0.1, 0.15) is 34.4 Å². The Morgan fingerprint density at radius 2 is 1.83 bits per heavy atom. The maximum atomic E-state index is 11.8. The lowest BCUT2D eigenvalue weighted by atomic mass is 10.2. The first-order chi connectivity index (χ1) is 10.8. The number of aryl methyl sites for hydroxylation is 3. The molecule has 0 saturated heterocycles. The third kappa shape index (κ3) is 3.62. The van der Waals surface area contributed by atoms with Gasteiger partial charge >= 0.3 is 5.97 Å². The minimum atomic E-state index is -0.384. The molecule has 2 aromatic rings. The Labute approximate surface area is 141 Å². The van der Waals surface area contributed by atoms with E-state index < -0.39 is 0 Å². The Morgan fingerprint density at radius 1 is 1.17 bits per heavy atom. The summed E-state index contributed by atoms with van der Waals surface area (Å²) < 4.78 is 4.98. The van der Waals surface area contributed by atoms with Crippen LogP contribution in [0.15, 0.2) is 18.2 Å². The molecule has 0 unspecified atom stereocenters. The second-order valence-electron chi connectivity index (χ2n) is 5.25. The van der Waals surface area contributed by atoms with E-state index in [2.05, 4.69) is 9.97 Å². The van der Waals surface area contributed by atoms with Crippen molar-refractivity contribution in [3.8, 4) is 0 Å². The molecule has 1 aromatic carbocycles. The SMILES string of the molecule is CCOC(=O)c1ccc(N(C)c2nc(C)c(C)nc2C)c(Cl)c1. The minimum Gasteiger partial charge on any atom is -0.462 e. The standard InChI is InChI=1S/C17H20ClN3O2/c1-6-23-17(22)13-7-8-15(14(18)9-13)21(5)16-12(4)19-10(2)11(3)20-16/h7-9H,6H2,1-5H3. The van der Waals surface area contributed by atoms with E-state index in [0.717, 1.165) is 28.6 Å². The minimum absolute atomic E-state index is 0.329. The van der Waals surface area contributed by atoms with Gasteiger partial charge in [0.1, 0.15) is 0 Å². The normalized spacial score (nSPS) is 10.5. The zero-order valence-electron chi connectivity index (χ0n) is 14.0. The Kier molecular flexibility index (Phi) is 5.21. The maximum absolute atomic E-state index is 11.8. The zero-order chi connectivity index (χ0) is 17.1.